The van der Waals surface area contributed by atoms with Crippen LogP contribution in [0.2, 0.25) is 5.02 Å². The lowest BCUT2D eigenvalue weighted by molar-refractivity contribution is -0.137. The van der Waals surface area contributed by atoms with Crippen LogP contribution in [0.3, 0.4) is 0 Å². The molecular weight excluding hydrogens is 595 g/mol. The number of alkyl halides is 3. The molecule has 0 aliphatic carbocycles. The predicted molar refractivity (Wildman–Crippen MR) is 140 cm³/mol. The first-order valence-corrected chi connectivity index (χ1v) is 13.6. The first-order chi connectivity index (χ1) is 19.5. The van der Waals surface area contributed by atoms with E-state index in [4.69, 9.17) is 30.5 Å². The van der Waals surface area contributed by atoms with Gasteiger partial charge in [-0.2, -0.15) is 26.3 Å². The Morgan fingerprint density at radius 3 is 2.41 bits per heavy atom. The summed E-state index contributed by atoms with van der Waals surface area (Å²) in [4.78, 5) is 15.8. The first kappa shape index (κ1) is 31.7. The van der Waals surface area contributed by atoms with Crippen molar-refractivity contribution in [3.05, 3.63) is 76.9 Å². The van der Waals surface area contributed by atoms with E-state index in [2.05, 4.69) is 19.2 Å². The van der Waals surface area contributed by atoms with Crippen LogP contribution >= 0.6 is 11.6 Å². The molecule has 0 radical (unpaired) electrons. The van der Waals surface area contributed by atoms with Crippen molar-refractivity contribution in [3.8, 4) is 23.1 Å². The molecule has 1 amide bonds. The van der Waals surface area contributed by atoms with Crippen molar-refractivity contribution in [3.63, 3.8) is 0 Å². The molecule has 2 N–H and O–H groups in total. The molecule has 3 aromatic rings. The van der Waals surface area contributed by atoms with Crippen LogP contribution in [0.4, 0.5) is 18.0 Å². The second kappa shape index (κ2) is 14.7. The zero-order valence-electron chi connectivity index (χ0n) is 21.4. The van der Waals surface area contributed by atoms with E-state index in [1.165, 1.54) is 25.3 Å². The number of rotatable bonds is 14. The Kier molecular flexibility index (Phi) is 11.4. The molecular formula is C25H25ClF3N3O8S. The maximum absolute atomic E-state index is 13.0. The number of pyridine rings is 1. The molecule has 41 heavy (non-hydrogen) atoms. The summed E-state index contributed by atoms with van der Waals surface area (Å²) in [7, 11) is -2.98. The zero-order chi connectivity index (χ0) is 29.9. The van der Waals surface area contributed by atoms with Gasteiger partial charge in [0, 0.05) is 38.0 Å². The smallest absolute Gasteiger partial charge is 0.423 e. The van der Waals surface area contributed by atoms with E-state index in [1.807, 2.05) is 0 Å². The van der Waals surface area contributed by atoms with Crippen molar-refractivity contribution >= 4 is 28.0 Å². The van der Waals surface area contributed by atoms with Crippen molar-refractivity contribution in [2.24, 2.45) is 0 Å². The molecule has 0 spiro atoms. The van der Waals surface area contributed by atoms with Gasteiger partial charge >= 0.3 is 22.6 Å². The topological polar surface area (TPSA) is 134 Å². The highest BCUT2D eigenvalue weighted by Crippen LogP contribution is 2.36. The lowest BCUT2D eigenvalue weighted by atomic mass is 10.2. The highest BCUT2D eigenvalue weighted by molar-refractivity contribution is 7.85. The van der Waals surface area contributed by atoms with E-state index in [0.29, 0.717) is 23.8 Å². The molecule has 1 heterocycles. The maximum atomic E-state index is 13.0. The van der Waals surface area contributed by atoms with E-state index in [-0.39, 0.29) is 50.1 Å². The largest absolute Gasteiger partial charge is 0.492 e. The van der Waals surface area contributed by atoms with Gasteiger partial charge in [0.2, 0.25) is 5.88 Å². The Balaban J connectivity index is 1.63. The summed E-state index contributed by atoms with van der Waals surface area (Å²) >= 11 is 5.96. The van der Waals surface area contributed by atoms with Gasteiger partial charge in [0.25, 0.3) is 0 Å². The maximum Gasteiger partial charge on any atom is 0.423 e. The van der Waals surface area contributed by atoms with Crippen LogP contribution in [0.5, 0.6) is 23.1 Å². The summed E-state index contributed by atoms with van der Waals surface area (Å²) in [6.07, 6.45) is -5.42. The van der Waals surface area contributed by atoms with Gasteiger partial charge in [-0.1, -0.05) is 29.8 Å². The summed E-state index contributed by atoms with van der Waals surface area (Å²) in [6.45, 7) is -0.0431. The monoisotopic (exact) mass is 619 g/mol. The standard InChI is InChI=1S/C25H25ClF3N3O8S/c1-36-11-12-38-20-8-7-17(22(14-20)39-23-21(26)13-18(16-30-23)25(27,28)29)15-31-24(33)40-41(34,35)32-9-10-37-19-5-3-2-4-6-19/h2-8,13-14,16,32H,9-12,15H2,1H3,(H,31,33). The van der Waals surface area contributed by atoms with Crippen molar-refractivity contribution in [1.82, 2.24) is 15.0 Å². The Morgan fingerprint density at radius 1 is 1.00 bits per heavy atom. The number of hydrogen-bond donors (Lipinski definition) is 2. The average molecular weight is 620 g/mol. The molecule has 222 valence electrons. The number of benzene rings is 2. The third kappa shape index (κ3) is 10.6. The SMILES string of the molecule is COCCOc1ccc(CNC(=O)OS(=O)(=O)NCCOc2ccccc2)c(Oc2ncc(C(F)(F)F)cc2Cl)c1. The summed E-state index contributed by atoms with van der Waals surface area (Å²) in [6, 6.07) is 13.7. The quantitative estimate of drug-likeness (QED) is 0.246. The molecule has 0 fully saturated rings. The van der Waals surface area contributed by atoms with Crippen molar-refractivity contribution in [2.75, 3.05) is 33.5 Å². The molecule has 0 atom stereocenters. The molecule has 0 bridgehead atoms. The molecule has 0 aliphatic heterocycles. The Bertz CT molecular complexity index is 1410. The fraction of sp³-hybridized carbons (Fsp3) is 0.280. The van der Waals surface area contributed by atoms with E-state index in [0.717, 1.165) is 0 Å². The van der Waals surface area contributed by atoms with Crippen LogP contribution in [-0.4, -0.2) is 53.0 Å². The minimum atomic E-state index is -4.66. The molecule has 0 aliphatic rings. The molecule has 1 aromatic heterocycles. The molecule has 16 heteroatoms. The molecule has 11 nitrogen and oxygen atoms in total. The average Bonchev–Trinajstić information content (AvgIpc) is 2.91. The van der Waals surface area contributed by atoms with Crippen molar-refractivity contribution < 1.29 is 49.5 Å². The fourth-order valence-electron chi connectivity index (χ4n) is 3.05. The predicted octanol–water partition coefficient (Wildman–Crippen LogP) is 4.71. The second-order valence-corrected chi connectivity index (χ2v) is 9.73. The summed E-state index contributed by atoms with van der Waals surface area (Å²) in [5.41, 5.74) is -0.807. The molecule has 0 unspecified atom stereocenters. The number of carbonyl (C=O) groups is 1. The number of methoxy groups -OCH3 is 1. The van der Waals surface area contributed by atoms with E-state index < -0.39 is 33.2 Å². The number of hydrogen-bond acceptors (Lipinski definition) is 9. The third-order valence-corrected chi connectivity index (χ3v) is 6.14. The van der Waals surface area contributed by atoms with Gasteiger partial charge in [-0.25, -0.2) is 9.78 Å². The van der Waals surface area contributed by atoms with Gasteiger partial charge in [-0.3, -0.25) is 0 Å². The van der Waals surface area contributed by atoms with Crippen LogP contribution < -0.4 is 24.2 Å². The van der Waals surface area contributed by atoms with Gasteiger partial charge in [-0.05, 0) is 30.3 Å². The Labute approximate surface area is 238 Å². The van der Waals surface area contributed by atoms with E-state index >= 15 is 0 Å². The van der Waals surface area contributed by atoms with Gasteiger partial charge in [0.05, 0.1) is 12.2 Å². The number of nitrogens with zero attached hydrogens (tertiary/aromatic N) is 1. The lowest BCUT2D eigenvalue weighted by Crippen LogP contribution is -2.35. The van der Waals surface area contributed by atoms with E-state index in [9.17, 15) is 26.4 Å². The van der Waals surface area contributed by atoms with Crippen molar-refractivity contribution in [2.45, 2.75) is 12.7 Å². The minimum absolute atomic E-state index is 0.00779. The number of ether oxygens (including phenoxy) is 4. The Hall–Kier alpha value is -3.79. The van der Waals surface area contributed by atoms with E-state index in [1.54, 1.807) is 30.3 Å². The normalized spacial score (nSPS) is 11.5. The first-order valence-electron chi connectivity index (χ1n) is 11.8. The highest BCUT2D eigenvalue weighted by atomic mass is 35.5. The molecule has 0 saturated carbocycles. The molecule has 2 aromatic carbocycles. The van der Waals surface area contributed by atoms with Gasteiger partial charge in [0.1, 0.15) is 35.5 Å². The third-order valence-electron chi connectivity index (χ3n) is 4.94. The summed E-state index contributed by atoms with van der Waals surface area (Å²) in [5.74, 6) is 0.498. The zero-order valence-corrected chi connectivity index (χ0v) is 23.0. The lowest BCUT2D eigenvalue weighted by Gasteiger charge is -2.15. The van der Waals surface area contributed by atoms with Gasteiger partial charge in [0.15, 0.2) is 0 Å². The van der Waals surface area contributed by atoms with Crippen LogP contribution in [0.1, 0.15) is 11.1 Å². The van der Waals surface area contributed by atoms with Crippen LogP contribution in [0.15, 0.2) is 60.8 Å². The summed E-state index contributed by atoms with van der Waals surface area (Å²) < 4.78 is 91.0. The van der Waals surface area contributed by atoms with Gasteiger partial charge in [-0.15, -0.1) is 0 Å². The molecule has 0 saturated heterocycles. The minimum Gasteiger partial charge on any atom is -0.492 e. The highest BCUT2D eigenvalue weighted by Gasteiger charge is 2.32. The molecule has 3 rings (SSSR count). The van der Waals surface area contributed by atoms with Crippen LogP contribution in [0, 0.1) is 0 Å². The van der Waals surface area contributed by atoms with Gasteiger partial charge < -0.3 is 28.4 Å². The number of nitrogens with one attached hydrogen (secondary N) is 2. The number of amides is 1. The number of carbonyl (C=O) groups excluding carboxylic acids is 1. The fourth-order valence-corrected chi connectivity index (χ4v) is 3.90. The van der Waals surface area contributed by atoms with Crippen LogP contribution in [0.25, 0.3) is 0 Å². The summed E-state index contributed by atoms with van der Waals surface area (Å²) in [5, 5.41) is 1.84. The number of halogens is 4. The van der Waals surface area contributed by atoms with Crippen molar-refractivity contribution in [1.29, 1.82) is 0 Å². The second-order valence-electron chi connectivity index (χ2n) is 7.96. The number of aromatic nitrogens is 1. The van der Waals surface area contributed by atoms with Crippen LogP contribution in [-0.2, 0) is 31.9 Å². The number of para-hydroxylation sites is 1. The Morgan fingerprint density at radius 2 is 1.73 bits per heavy atom.